The number of hydrogen-bond acceptors (Lipinski definition) is 9. The summed E-state index contributed by atoms with van der Waals surface area (Å²) in [6.45, 7) is 3.58. The van der Waals surface area contributed by atoms with Crippen LogP contribution in [-0.2, 0) is 13.0 Å². The van der Waals surface area contributed by atoms with Crippen molar-refractivity contribution in [3.05, 3.63) is 51.2 Å². The van der Waals surface area contributed by atoms with Gasteiger partial charge in [-0.3, -0.25) is 14.2 Å². The molecule has 4 N–H and O–H groups in total. The summed E-state index contributed by atoms with van der Waals surface area (Å²) >= 11 is 7.80. The molecule has 10 nitrogen and oxygen atoms in total. The molecule has 1 amide bonds. The number of carbonyl (C=O) groups is 1. The quantitative estimate of drug-likeness (QED) is 0.339. The first-order chi connectivity index (χ1) is 20.5. The summed E-state index contributed by atoms with van der Waals surface area (Å²) in [7, 11) is 0. The zero-order valence-electron chi connectivity index (χ0n) is 23.6. The number of halogens is 3. The fourth-order valence-electron chi connectivity index (χ4n) is 6.62. The average molecular weight is 632 g/mol. The van der Waals surface area contributed by atoms with Crippen LogP contribution in [0.5, 0.6) is 5.88 Å². The molecule has 2 aromatic heterocycles. The normalized spacial score (nSPS) is 20.7. The van der Waals surface area contributed by atoms with E-state index in [1.807, 2.05) is 11.8 Å². The highest BCUT2D eigenvalue weighted by molar-refractivity contribution is 7.99. The van der Waals surface area contributed by atoms with E-state index in [0.29, 0.717) is 60.5 Å². The summed E-state index contributed by atoms with van der Waals surface area (Å²) in [4.78, 5) is 41.7. The Morgan fingerprint density at radius 3 is 2.67 bits per heavy atom. The Kier molecular flexibility index (Phi) is 7.74. The van der Waals surface area contributed by atoms with Crippen molar-refractivity contribution in [2.75, 3.05) is 29.0 Å². The molecule has 1 saturated heterocycles. The van der Waals surface area contributed by atoms with Crippen molar-refractivity contribution in [3.8, 4) is 5.88 Å². The summed E-state index contributed by atoms with van der Waals surface area (Å²) in [6, 6.07) is 4.98. The molecule has 228 valence electrons. The largest absolute Gasteiger partial charge is 0.493 e. The molecule has 3 aliphatic rings. The summed E-state index contributed by atoms with van der Waals surface area (Å²) in [6.07, 6.45) is 5.05. The zero-order valence-corrected chi connectivity index (χ0v) is 25.1. The van der Waals surface area contributed by atoms with E-state index >= 15 is 0 Å². The molecule has 1 spiro atoms. The Balaban J connectivity index is 1.15. The lowest BCUT2D eigenvalue weighted by Gasteiger charge is -2.42. The molecule has 1 atom stereocenters. The summed E-state index contributed by atoms with van der Waals surface area (Å²) in [5, 5.41) is 13.6. The second kappa shape index (κ2) is 11.2. The maximum Gasteiger partial charge on any atom is 0.270 e. The average Bonchev–Trinajstić information content (AvgIpc) is 3.18. The molecule has 0 unspecified atom stereocenters. The van der Waals surface area contributed by atoms with E-state index in [4.69, 9.17) is 17.3 Å². The number of alkyl halides is 2. The van der Waals surface area contributed by atoms with Gasteiger partial charge in [-0.15, -0.1) is 0 Å². The van der Waals surface area contributed by atoms with Crippen LogP contribution < -0.4 is 21.5 Å². The molecule has 1 aromatic carbocycles. The van der Waals surface area contributed by atoms with Crippen LogP contribution in [0.4, 0.5) is 26.1 Å². The standard InChI is InChI=1S/C29H32ClF2N7O3S/c1-16-13-29(31,32)15-28(16)8-11-38(12-9-28)20-14-34-26(23(33)36-20)43-18-6-4-5-17(22(18)30)35-24(40)21-25(41)37-19-7-2-3-10-39(19)27(21)42/h4-6,14,16,41H,2-3,7-13,15H2,1H3,(H2,33,36)(H,35,40)/t16-/m1/s1. The van der Waals surface area contributed by atoms with Gasteiger partial charge in [-0.25, -0.2) is 18.7 Å². The highest BCUT2D eigenvalue weighted by atomic mass is 35.5. The van der Waals surface area contributed by atoms with Crippen LogP contribution in [0.2, 0.25) is 5.02 Å². The monoisotopic (exact) mass is 631 g/mol. The van der Waals surface area contributed by atoms with Crippen molar-refractivity contribution < 1.29 is 18.7 Å². The van der Waals surface area contributed by atoms with Gasteiger partial charge in [-0.05, 0) is 49.1 Å². The smallest absolute Gasteiger partial charge is 0.270 e. The van der Waals surface area contributed by atoms with Crippen LogP contribution in [0.3, 0.4) is 0 Å². The molecule has 0 radical (unpaired) electrons. The third-order valence-electron chi connectivity index (χ3n) is 9.00. The third kappa shape index (κ3) is 5.64. The van der Waals surface area contributed by atoms with Crippen LogP contribution in [0.25, 0.3) is 0 Å². The number of piperidine rings is 1. The van der Waals surface area contributed by atoms with Crippen molar-refractivity contribution in [1.82, 2.24) is 19.5 Å². The van der Waals surface area contributed by atoms with Gasteiger partial charge in [0, 0.05) is 43.8 Å². The number of nitrogen functional groups attached to an aromatic ring is 1. The fraction of sp³-hybridized carbons (Fsp3) is 0.483. The predicted octanol–water partition coefficient (Wildman–Crippen LogP) is 5.37. The first-order valence-corrected chi connectivity index (χ1v) is 15.5. The van der Waals surface area contributed by atoms with Crippen LogP contribution in [0.1, 0.15) is 61.6 Å². The molecular weight excluding hydrogens is 600 g/mol. The summed E-state index contributed by atoms with van der Waals surface area (Å²) in [5.41, 5.74) is 5.14. The zero-order chi connectivity index (χ0) is 30.5. The third-order valence-corrected chi connectivity index (χ3v) is 10.6. The molecular formula is C29H32ClF2N7O3S. The van der Waals surface area contributed by atoms with Gasteiger partial charge in [-0.2, -0.15) is 4.98 Å². The van der Waals surface area contributed by atoms with E-state index < -0.39 is 28.8 Å². The first-order valence-electron chi connectivity index (χ1n) is 14.3. The lowest BCUT2D eigenvalue weighted by Crippen LogP contribution is -2.42. The second-order valence-corrected chi connectivity index (χ2v) is 13.1. The summed E-state index contributed by atoms with van der Waals surface area (Å²) in [5.74, 6) is -2.81. The Labute approximate surface area is 256 Å². The van der Waals surface area contributed by atoms with Crippen LogP contribution >= 0.6 is 23.4 Å². The second-order valence-electron chi connectivity index (χ2n) is 11.7. The number of aromatic hydroxyl groups is 1. The number of carbonyl (C=O) groups excluding carboxylic acids is 1. The first kappa shape index (κ1) is 29.6. The van der Waals surface area contributed by atoms with Crippen LogP contribution in [-0.4, -0.2) is 49.5 Å². The van der Waals surface area contributed by atoms with E-state index in [2.05, 4.69) is 20.3 Å². The number of nitrogens with zero attached hydrogens (tertiary/aromatic N) is 5. The van der Waals surface area contributed by atoms with Crippen molar-refractivity contribution in [1.29, 1.82) is 0 Å². The number of hydrogen-bond donors (Lipinski definition) is 3. The maximum absolute atomic E-state index is 14.1. The number of rotatable bonds is 5. The van der Waals surface area contributed by atoms with E-state index in [0.717, 1.165) is 24.6 Å². The minimum absolute atomic E-state index is 0.0218. The molecule has 0 bridgehead atoms. The lowest BCUT2D eigenvalue weighted by molar-refractivity contribution is -0.00688. The molecule has 2 aliphatic heterocycles. The molecule has 1 saturated carbocycles. The number of fused-ring (bicyclic) bond motifs is 1. The van der Waals surface area contributed by atoms with Crippen molar-refractivity contribution in [2.45, 2.75) is 74.3 Å². The lowest BCUT2D eigenvalue weighted by atomic mass is 9.71. The van der Waals surface area contributed by atoms with Gasteiger partial charge < -0.3 is 21.1 Å². The number of amides is 1. The van der Waals surface area contributed by atoms with E-state index in [1.54, 1.807) is 24.4 Å². The van der Waals surface area contributed by atoms with Crippen LogP contribution in [0, 0.1) is 11.3 Å². The Hall–Kier alpha value is -3.45. The van der Waals surface area contributed by atoms with Gasteiger partial charge in [0.2, 0.25) is 11.8 Å². The molecule has 14 heteroatoms. The number of benzene rings is 1. The SMILES string of the molecule is C[C@@H]1CC(F)(F)CC12CCN(c1cnc(Sc3cccc(NC(=O)c4c(O)nc5n(c4=O)CCCC5)c3Cl)c(N)n1)CC2. The minimum atomic E-state index is -2.59. The Morgan fingerprint density at radius 2 is 1.98 bits per heavy atom. The van der Waals surface area contributed by atoms with E-state index in [-0.39, 0.29) is 40.7 Å². The Bertz CT molecular complexity index is 1640. The molecule has 2 fully saturated rings. The number of nitrogens with two attached hydrogens (primary N) is 1. The van der Waals surface area contributed by atoms with Gasteiger partial charge in [0.05, 0.1) is 16.9 Å². The van der Waals surface area contributed by atoms with Gasteiger partial charge in [0.1, 0.15) is 16.7 Å². The highest BCUT2D eigenvalue weighted by Gasteiger charge is 2.54. The molecule has 6 rings (SSSR count). The predicted molar refractivity (Wildman–Crippen MR) is 160 cm³/mol. The molecule has 4 heterocycles. The topological polar surface area (TPSA) is 139 Å². The molecule has 3 aromatic rings. The van der Waals surface area contributed by atoms with Gasteiger partial charge in [0.25, 0.3) is 11.5 Å². The fourth-order valence-corrected chi connectivity index (χ4v) is 7.72. The van der Waals surface area contributed by atoms with Crippen molar-refractivity contribution >= 4 is 46.6 Å². The van der Waals surface area contributed by atoms with Gasteiger partial charge in [0.15, 0.2) is 11.4 Å². The van der Waals surface area contributed by atoms with Crippen molar-refractivity contribution in [2.24, 2.45) is 11.3 Å². The van der Waals surface area contributed by atoms with Crippen molar-refractivity contribution in [3.63, 3.8) is 0 Å². The number of nitrogens with one attached hydrogen (secondary N) is 1. The van der Waals surface area contributed by atoms with Gasteiger partial charge >= 0.3 is 0 Å². The molecule has 1 aliphatic carbocycles. The number of aromatic nitrogens is 4. The van der Waals surface area contributed by atoms with Crippen LogP contribution in [0.15, 0.2) is 39.1 Å². The van der Waals surface area contributed by atoms with E-state index in [9.17, 15) is 23.5 Å². The van der Waals surface area contributed by atoms with Gasteiger partial charge in [-0.1, -0.05) is 36.4 Å². The molecule has 43 heavy (non-hydrogen) atoms. The summed E-state index contributed by atoms with van der Waals surface area (Å²) < 4.78 is 29.6. The highest BCUT2D eigenvalue weighted by Crippen LogP contribution is 2.56. The Morgan fingerprint density at radius 1 is 1.21 bits per heavy atom. The number of aryl methyl sites for hydroxylation is 1. The minimum Gasteiger partial charge on any atom is -0.493 e. The van der Waals surface area contributed by atoms with E-state index in [1.165, 1.54) is 4.57 Å². The number of anilines is 3. The maximum atomic E-state index is 14.1.